The van der Waals surface area contributed by atoms with Crippen molar-refractivity contribution in [2.45, 2.75) is 6.04 Å². The highest BCUT2D eigenvalue weighted by molar-refractivity contribution is 5.89. The van der Waals surface area contributed by atoms with Crippen molar-refractivity contribution in [1.29, 1.82) is 0 Å². The zero-order valence-electron chi connectivity index (χ0n) is 12.8. The molecule has 22 heavy (non-hydrogen) atoms. The maximum atomic E-state index is 12.7. The standard InChI is InChI=1S/C18H21N3O/c1-20-12-13-21(17(14-20)15-8-4-2-5-9-15)18(22)19-16-10-6-3-7-11-16/h2-11,17H,12-14H2,1H3,(H,19,22)/t17-/m0/s1. The molecule has 2 aromatic carbocycles. The van der Waals surface area contributed by atoms with Crippen molar-refractivity contribution in [2.75, 3.05) is 32.0 Å². The first-order valence-corrected chi connectivity index (χ1v) is 7.60. The predicted octanol–water partition coefficient (Wildman–Crippen LogP) is 3.21. The van der Waals surface area contributed by atoms with E-state index in [1.165, 1.54) is 5.56 Å². The number of carbonyl (C=O) groups excluding carboxylic acids is 1. The Hall–Kier alpha value is -2.33. The average molecular weight is 295 g/mol. The molecule has 3 rings (SSSR count). The van der Waals surface area contributed by atoms with Crippen LogP contribution in [0.3, 0.4) is 0 Å². The number of rotatable bonds is 2. The molecule has 1 fully saturated rings. The highest BCUT2D eigenvalue weighted by Gasteiger charge is 2.30. The summed E-state index contributed by atoms with van der Waals surface area (Å²) in [6.07, 6.45) is 0. The number of piperazine rings is 1. The summed E-state index contributed by atoms with van der Waals surface area (Å²) in [6, 6.07) is 19.9. The van der Waals surface area contributed by atoms with E-state index in [4.69, 9.17) is 0 Å². The summed E-state index contributed by atoms with van der Waals surface area (Å²) in [5.74, 6) is 0. The molecular weight excluding hydrogens is 274 g/mol. The lowest BCUT2D eigenvalue weighted by Crippen LogP contribution is -2.50. The van der Waals surface area contributed by atoms with E-state index in [0.29, 0.717) is 0 Å². The van der Waals surface area contributed by atoms with E-state index in [2.05, 4.69) is 29.4 Å². The normalized spacial score (nSPS) is 19.0. The molecule has 1 N–H and O–H groups in total. The van der Waals surface area contributed by atoms with Gasteiger partial charge in [0.25, 0.3) is 0 Å². The Bertz CT molecular complexity index is 615. The predicted molar refractivity (Wildman–Crippen MR) is 88.8 cm³/mol. The number of hydrogen-bond acceptors (Lipinski definition) is 2. The summed E-state index contributed by atoms with van der Waals surface area (Å²) >= 11 is 0. The number of benzene rings is 2. The number of amides is 2. The Morgan fingerprint density at radius 3 is 2.32 bits per heavy atom. The Balaban J connectivity index is 1.79. The van der Waals surface area contributed by atoms with Crippen molar-refractivity contribution in [1.82, 2.24) is 9.80 Å². The third-order valence-electron chi connectivity index (χ3n) is 4.05. The van der Waals surface area contributed by atoms with E-state index in [1.807, 2.05) is 53.4 Å². The van der Waals surface area contributed by atoms with Crippen LogP contribution in [0.5, 0.6) is 0 Å². The van der Waals surface area contributed by atoms with E-state index in [9.17, 15) is 4.79 Å². The van der Waals surface area contributed by atoms with Gasteiger partial charge in [0.2, 0.25) is 0 Å². The summed E-state index contributed by atoms with van der Waals surface area (Å²) in [5.41, 5.74) is 2.01. The molecule has 1 saturated heterocycles. The van der Waals surface area contributed by atoms with Gasteiger partial charge in [-0.05, 0) is 24.7 Å². The molecule has 1 heterocycles. The largest absolute Gasteiger partial charge is 0.322 e. The molecule has 0 unspecified atom stereocenters. The van der Waals surface area contributed by atoms with Gasteiger partial charge in [-0.25, -0.2) is 4.79 Å². The van der Waals surface area contributed by atoms with Crippen LogP contribution in [-0.2, 0) is 0 Å². The van der Waals surface area contributed by atoms with E-state index in [1.54, 1.807) is 0 Å². The molecular formula is C18H21N3O. The van der Waals surface area contributed by atoms with Crippen LogP contribution >= 0.6 is 0 Å². The maximum absolute atomic E-state index is 12.7. The number of para-hydroxylation sites is 1. The number of nitrogens with zero attached hydrogens (tertiary/aromatic N) is 2. The van der Waals surface area contributed by atoms with Crippen LogP contribution in [0.25, 0.3) is 0 Å². The zero-order valence-corrected chi connectivity index (χ0v) is 12.8. The number of likely N-dealkylation sites (N-methyl/N-ethyl adjacent to an activating group) is 1. The van der Waals surface area contributed by atoms with Gasteiger partial charge in [0, 0.05) is 25.3 Å². The molecule has 114 valence electrons. The number of anilines is 1. The molecule has 0 aliphatic carbocycles. The molecule has 4 heteroatoms. The number of urea groups is 1. The highest BCUT2D eigenvalue weighted by atomic mass is 16.2. The van der Waals surface area contributed by atoms with Crippen molar-refractivity contribution in [2.24, 2.45) is 0 Å². The summed E-state index contributed by atoms with van der Waals surface area (Å²) in [7, 11) is 2.10. The van der Waals surface area contributed by atoms with E-state index in [0.717, 1.165) is 25.3 Å². The van der Waals surface area contributed by atoms with Crippen LogP contribution in [0.1, 0.15) is 11.6 Å². The summed E-state index contributed by atoms with van der Waals surface area (Å²) in [5, 5.41) is 2.99. The fourth-order valence-corrected chi connectivity index (χ4v) is 2.84. The molecule has 1 aliphatic rings. The lowest BCUT2D eigenvalue weighted by molar-refractivity contribution is 0.117. The van der Waals surface area contributed by atoms with E-state index < -0.39 is 0 Å². The van der Waals surface area contributed by atoms with Crippen LogP contribution in [0.4, 0.5) is 10.5 Å². The van der Waals surface area contributed by atoms with Crippen molar-refractivity contribution < 1.29 is 4.79 Å². The first kappa shape index (κ1) is 14.6. The minimum absolute atomic E-state index is 0.0341. The number of hydrogen-bond donors (Lipinski definition) is 1. The third-order valence-corrected chi connectivity index (χ3v) is 4.05. The molecule has 0 aromatic heterocycles. The Morgan fingerprint density at radius 2 is 1.64 bits per heavy atom. The summed E-state index contributed by atoms with van der Waals surface area (Å²) in [6.45, 7) is 2.48. The van der Waals surface area contributed by atoms with Crippen LogP contribution < -0.4 is 5.32 Å². The smallest absolute Gasteiger partial charge is 0.315 e. The Kier molecular flexibility index (Phi) is 4.39. The van der Waals surface area contributed by atoms with Gasteiger partial charge < -0.3 is 15.1 Å². The second-order valence-corrected chi connectivity index (χ2v) is 5.68. The second kappa shape index (κ2) is 6.62. The molecule has 0 radical (unpaired) electrons. The zero-order chi connectivity index (χ0) is 15.4. The van der Waals surface area contributed by atoms with Crippen molar-refractivity contribution >= 4 is 11.7 Å². The molecule has 0 saturated carbocycles. The Labute approximate surface area is 131 Å². The van der Waals surface area contributed by atoms with Gasteiger partial charge in [-0.1, -0.05) is 48.5 Å². The fourth-order valence-electron chi connectivity index (χ4n) is 2.84. The number of carbonyl (C=O) groups is 1. The van der Waals surface area contributed by atoms with Crippen LogP contribution in [-0.4, -0.2) is 42.5 Å². The van der Waals surface area contributed by atoms with Crippen molar-refractivity contribution in [3.63, 3.8) is 0 Å². The van der Waals surface area contributed by atoms with Gasteiger partial charge in [-0.15, -0.1) is 0 Å². The van der Waals surface area contributed by atoms with E-state index >= 15 is 0 Å². The van der Waals surface area contributed by atoms with E-state index in [-0.39, 0.29) is 12.1 Å². The molecule has 4 nitrogen and oxygen atoms in total. The minimum atomic E-state index is -0.0341. The van der Waals surface area contributed by atoms with Crippen LogP contribution in [0.15, 0.2) is 60.7 Å². The van der Waals surface area contributed by atoms with Crippen LogP contribution in [0.2, 0.25) is 0 Å². The molecule has 0 bridgehead atoms. The number of nitrogens with one attached hydrogen (secondary N) is 1. The average Bonchev–Trinajstić information content (AvgIpc) is 2.56. The second-order valence-electron chi connectivity index (χ2n) is 5.68. The summed E-state index contributed by atoms with van der Waals surface area (Å²) < 4.78 is 0. The molecule has 1 aliphatic heterocycles. The summed E-state index contributed by atoms with van der Waals surface area (Å²) in [4.78, 5) is 16.9. The van der Waals surface area contributed by atoms with Gasteiger partial charge in [0.15, 0.2) is 0 Å². The highest BCUT2D eigenvalue weighted by Crippen LogP contribution is 2.25. The van der Waals surface area contributed by atoms with Gasteiger partial charge in [-0.3, -0.25) is 0 Å². The molecule has 2 amide bonds. The SMILES string of the molecule is CN1CCN(C(=O)Nc2ccccc2)[C@H](c2ccccc2)C1. The first-order valence-electron chi connectivity index (χ1n) is 7.60. The molecule has 1 atom stereocenters. The quantitative estimate of drug-likeness (QED) is 0.923. The van der Waals surface area contributed by atoms with Gasteiger partial charge in [0.05, 0.1) is 6.04 Å². The lowest BCUT2D eigenvalue weighted by Gasteiger charge is -2.40. The fraction of sp³-hybridized carbons (Fsp3) is 0.278. The minimum Gasteiger partial charge on any atom is -0.315 e. The third kappa shape index (κ3) is 3.28. The Morgan fingerprint density at radius 1 is 1.00 bits per heavy atom. The van der Waals surface area contributed by atoms with Gasteiger partial charge >= 0.3 is 6.03 Å². The molecule has 2 aromatic rings. The lowest BCUT2D eigenvalue weighted by atomic mass is 10.0. The monoisotopic (exact) mass is 295 g/mol. The van der Waals surface area contributed by atoms with Crippen LogP contribution in [0, 0.1) is 0 Å². The van der Waals surface area contributed by atoms with Gasteiger partial charge in [-0.2, -0.15) is 0 Å². The first-order chi connectivity index (χ1) is 10.7. The maximum Gasteiger partial charge on any atom is 0.322 e. The molecule has 0 spiro atoms. The van der Waals surface area contributed by atoms with Crippen molar-refractivity contribution in [3.05, 3.63) is 66.2 Å². The topological polar surface area (TPSA) is 35.6 Å². The van der Waals surface area contributed by atoms with Crippen molar-refractivity contribution in [3.8, 4) is 0 Å². The van der Waals surface area contributed by atoms with Gasteiger partial charge in [0.1, 0.15) is 0 Å².